The zero-order valence-corrected chi connectivity index (χ0v) is 19.3. The van der Waals surface area contributed by atoms with Gasteiger partial charge in [0.25, 0.3) is 0 Å². The van der Waals surface area contributed by atoms with Crippen LogP contribution < -0.4 is 4.90 Å². The van der Waals surface area contributed by atoms with Crippen molar-refractivity contribution in [1.29, 1.82) is 0 Å². The Balaban J connectivity index is 1.71. The number of aromatic carboxylic acids is 1. The average Bonchev–Trinajstić information content (AvgIpc) is 3.26. The maximum Gasteiger partial charge on any atom is 0.341 e. The van der Waals surface area contributed by atoms with Crippen molar-refractivity contribution in [1.82, 2.24) is 14.7 Å². The largest absolute Gasteiger partial charge is 0.477 e. The molecule has 0 atom stereocenters. The lowest BCUT2D eigenvalue weighted by Gasteiger charge is -2.39. The SMILES string of the molecule is CC(=O)N1CCC(N(C(=O)C2CCC(C)CC2)c2nn(-c3ccccc3)cc2C(=O)O)CC1. The summed E-state index contributed by atoms with van der Waals surface area (Å²) in [5.74, 6) is -0.445. The second-order valence-corrected chi connectivity index (χ2v) is 9.35. The van der Waals surface area contributed by atoms with Gasteiger partial charge >= 0.3 is 5.97 Å². The molecule has 1 saturated carbocycles. The van der Waals surface area contributed by atoms with Crippen LogP contribution in [0.3, 0.4) is 0 Å². The molecule has 8 heteroatoms. The number of hydrogen-bond donors (Lipinski definition) is 1. The molecule has 1 aromatic carbocycles. The maximum absolute atomic E-state index is 13.8. The van der Waals surface area contributed by atoms with Crippen LogP contribution in [0.2, 0.25) is 0 Å². The number of hydrogen-bond acceptors (Lipinski definition) is 4. The Hall–Kier alpha value is -3.16. The van der Waals surface area contributed by atoms with Gasteiger partial charge in [-0.05, 0) is 56.6 Å². The number of piperidine rings is 1. The van der Waals surface area contributed by atoms with Crippen LogP contribution in [0.4, 0.5) is 5.82 Å². The van der Waals surface area contributed by atoms with Crippen molar-refractivity contribution in [2.45, 2.75) is 58.4 Å². The molecule has 1 N–H and O–H groups in total. The summed E-state index contributed by atoms with van der Waals surface area (Å²) in [4.78, 5) is 41.3. The van der Waals surface area contributed by atoms with Gasteiger partial charge < -0.3 is 10.0 Å². The molecule has 4 rings (SSSR count). The van der Waals surface area contributed by atoms with Crippen molar-refractivity contribution in [3.63, 3.8) is 0 Å². The second-order valence-electron chi connectivity index (χ2n) is 9.35. The van der Waals surface area contributed by atoms with Crippen molar-refractivity contribution in [3.8, 4) is 5.69 Å². The zero-order chi connectivity index (χ0) is 23.5. The quantitative estimate of drug-likeness (QED) is 0.746. The number of benzene rings is 1. The molecule has 2 aliphatic rings. The van der Waals surface area contributed by atoms with Gasteiger partial charge in [0.1, 0.15) is 5.56 Å². The van der Waals surface area contributed by atoms with Crippen molar-refractivity contribution >= 4 is 23.6 Å². The molecule has 0 bridgehead atoms. The lowest BCUT2D eigenvalue weighted by Crippen LogP contribution is -2.51. The molecule has 0 radical (unpaired) electrons. The van der Waals surface area contributed by atoms with Crippen LogP contribution in [0.1, 0.15) is 62.7 Å². The van der Waals surface area contributed by atoms with E-state index in [1.807, 2.05) is 30.3 Å². The number of likely N-dealkylation sites (tertiary alicyclic amines) is 1. The van der Waals surface area contributed by atoms with Gasteiger partial charge in [0.2, 0.25) is 11.8 Å². The van der Waals surface area contributed by atoms with Crippen LogP contribution >= 0.6 is 0 Å². The summed E-state index contributed by atoms with van der Waals surface area (Å²) in [5, 5.41) is 14.6. The van der Waals surface area contributed by atoms with Gasteiger partial charge in [-0.1, -0.05) is 25.1 Å². The van der Waals surface area contributed by atoms with E-state index in [9.17, 15) is 19.5 Å². The van der Waals surface area contributed by atoms with E-state index in [-0.39, 0.29) is 35.2 Å². The van der Waals surface area contributed by atoms with E-state index in [1.54, 1.807) is 16.7 Å². The molecule has 1 aliphatic carbocycles. The fourth-order valence-corrected chi connectivity index (χ4v) is 5.01. The predicted octanol–water partition coefficient (Wildman–Crippen LogP) is 3.74. The number of carboxylic acid groups (broad SMARTS) is 1. The highest BCUT2D eigenvalue weighted by Crippen LogP contribution is 2.34. The molecular weight excluding hydrogens is 420 g/mol. The highest BCUT2D eigenvalue weighted by Gasteiger charge is 2.38. The van der Waals surface area contributed by atoms with Crippen molar-refractivity contribution in [2.24, 2.45) is 11.8 Å². The number of carbonyl (C=O) groups excluding carboxylic acids is 2. The fourth-order valence-electron chi connectivity index (χ4n) is 5.01. The number of nitrogens with zero attached hydrogens (tertiary/aromatic N) is 4. The van der Waals surface area contributed by atoms with Gasteiger partial charge in [0, 0.05) is 38.2 Å². The third-order valence-electron chi connectivity index (χ3n) is 7.05. The smallest absolute Gasteiger partial charge is 0.341 e. The monoisotopic (exact) mass is 452 g/mol. The number of carboxylic acids is 1. The zero-order valence-electron chi connectivity index (χ0n) is 19.3. The number of rotatable bonds is 5. The van der Waals surface area contributed by atoms with Gasteiger partial charge in [-0.25, -0.2) is 9.48 Å². The number of carbonyl (C=O) groups is 3. The van der Waals surface area contributed by atoms with Gasteiger partial charge in [0.15, 0.2) is 5.82 Å². The molecule has 0 unspecified atom stereocenters. The van der Waals surface area contributed by atoms with E-state index in [1.165, 1.54) is 10.9 Å². The molecule has 8 nitrogen and oxygen atoms in total. The summed E-state index contributed by atoms with van der Waals surface area (Å²) in [6.07, 6.45) is 6.31. The molecule has 2 aromatic rings. The number of amides is 2. The Bertz CT molecular complexity index is 1000. The Labute approximate surface area is 194 Å². The molecule has 1 aliphatic heterocycles. The van der Waals surface area contributed by atoms with Crippen molar-refractivity contribution < 1.29 is 19.5 Å². The minimum absolute atomic E-state index is 0.0189. The highest BCUT2D eigenvalue weighted by molar-refractivity contribution is 6.02. The molecular formula is C25H32N4O4. The highest BCUT2D eigenvalue weighted by atomic mass is 16.4. The van der Waals surface area contributed by atoms with Crippen LogP contribution in [0.25, 0.3) is 5.69 Å². The molecule has 2 fully saturated rings. The standard InChI is InChI=1S/C25H32N4O4/c1-17-8-10-19(11-9-17)24(31)29(21-12-14-27(15-13-21)18(2)30)23-22(25(32)33)16-28(26-23)20-6-4-3-5-7-20/h3-7,16-17,19,21H,8-15H2,1-2H3,(H,32,33). The summed E-state index contributed by atoms with van der Waals surface area (Å²) in [6, 6.07) is 9.12. The maximum atomic E-state index is 13.8. The van der Waals surface area contributed by atoms with Crippen molar-refractivity contribution in [3.05, 3.63) is 42.1 Å². The third kappa shape index (κ3) is 4.94. The Kier molecular flexibility index (Phi) is 6.81. The molecule has 2 heterocycles. The summed E-state index contributed by atoms with van der Waals surface area (Å²) in [5.41, 5.74) is 0.752. The van der Waals surface area contributed by atoms with Crippen LogP contribution in [-0.2, 0) is 9.59 Å². The minimum atomic E-state index is -1.11. The average molecular weight is 453 g/mol. The molecule has 1 saturated heterocycles. The first-order valence-corrected chi connectivity index (χ1v) is 11.8. The summed E-state index contributed by atoms with van der Waals surface area (Å²) in [6.45, 7) is 4.86. The predicted molar refractivity (Wildman–Crippen MR) is 124 cm³/mol. The lowest BCUT2D eigenvalue weighted by atomic mass is 9.82. The Morgan fingerprint density at radius 1 is 1.00 bits per heavy atom. The minimum Gasteiger partial charge on any atom is -0.477 e. The topological polar surface area (TPSA) is 95.7 Å². The summed E-state index contributed by atoms with van der Waals surface area (Å²) >= 11 is 0. The van der Waals surface area contributed by atoms with E-state index < -0.39 is 5.97 Å². The van der Waals surface area contributed by atoms with E-state index >= 15 is 0 Å². The van der Waals surface area contributed by atoms with E-state index in [0.29, 0.717) is 31.8 Å². The van der Waals surface area contributed by atoms with Gasteiger partial charge in [-0.15, -0.1) is 5.10 Å². The van der Waals surface area contributed by atoms with Crippen LogP contribution in [0.15, 0.2) is 36.5 Å². The van der Waals surface area contributed by atoms with Crippen LogP contribution in [-0.4, -0.2) is 56.7 Å². The number of aromatic nitrogens is 2. The summed E-state index contributed by atoms with van der Waals surface area (Å²) in [7, 11) is 0. The first-order valence-electron chi connectivity index (χ1n) is 11.8. The number of anilines is 1. The number of para-hydroxylation sites is 1. The van der Waals surface area contributed by atoms with Crippen molar-refractivity contribution in [2.75, 3.05) is 18.0 Å². The normalized spacial score (nSPS) is 21.6. The molecule has 1 aromatic heterocycles. The van der Waals surface area contributed by atoms with E-state index in [4.69, 9.17) is 0 Å². The second kappa shape index (κ2) is 9.77. The first-order chi connectivity index (χ1) is 15.8. The van der Waals surface area contributed by atoms with Gasteiger partial charge in [-0.2, -0.15) is 0 Å². The molecule has 33 heavy (non-hydrogen) atoms. The van der Waals surface area contributed by atoms with Gasteiger partial charge in [-0.3, -0.25) is 14.5 Å². The lowest BCUT2D eigenvalue weighted by molar-refractivity contribution is -0.130. The van der Waals surface area contributed by atoms with Crippen LogP contribution in [0.5, 0.6) is 0 Å². The fraction of sp³-hybridized carbons (Fsp3) is 0.520. The van der Waals surface area contributed by atoms with E-state index in [2.05, 4.69) is 12.0 Å². The van der Waals surface area contributed by atoms with Crippen LogP contribution in [0, 0.1) is 11.8 Å². The van der Waals surface area contributed by atoms with E-state index in [0.717, 1.165) is 31.4 Å². The Morgan fingerprint density at radius 3 is 2.21 bits per heavy atom. The molecule has 0 spiro atoms. The van der Waals surface area contributed by atoms with Gasteiger partial charge in [0.05, 0.1) is 5.69 Å². The molecule has 176 valence electrons. The summed E-state index contributed by atoms with van der Waals surface area (Å²) < 4.78 is 1.53. The third-order valence-corrected chi connectivity index (χ3v) is 7.05. The first kappa shape index (κ1) is 23.0. The molecule has 2 amide bonds. The Morgan fingerprint density at radius 2 is 1.64 bits per heavy atom.